The van der Waals surface area contributed by atoms with Gasteiger partial charge in [0.2, 0.25) is 0 Å². The van der Waals surface area contributed by atoms with E-state index in [0.717, 1.165) is 12.2 Å². The Morgan fingerprint density at radius 1 is 1.24 bits per heavy atom. The van der Waals surface area contributed by atoms with Gasteiger partial charge in [-0.3, -0.25) is 0 Å². The van der Waals surface area contributed by atoms with Crippen LogP contribution < -0.4 is 5.32 Å². The maximum absolute atomic E-state index is 4.45. The van der Waals surface area contributed by atoms with Crippen molar-refractivity contribution in [3.8, 4) is 5.69 Å². The zero-order chi connectivity index (χ0) is 14.7. The molecule has 0 radical (unpaired) electrons. The predicted molar refractivity (Wildman–Crippen MR) is 87.9 cm³/mol. The van der Waals surface area contributed by atoms with Crippen molar-refractivity contribution < 1.29 is 0 Å². The van der Waals surface area contributed by atoms with Crippen molar-refractivity contribution in [1.29, 1.82) is 0 Å². The normalized spacial score (nSPS) is 12.5. The molecule has 3 nitrogen and oxygen atoms in total. The second-order valence-corrected chi connectivity index (χ2v) is 6.18. The van der Waals surface area contributed by atoms with E-state index in [-0.39, 0.29) is 6.04 Å². The summed E-state index contributed by atoms with van der Waals surface area (Å²) in [5.41, 5.74) is 3.65. The van der Waals surface area contributed by atoms with Gasteiger partial charge in [0.05, 0.1) is 11.9 Å². The van der Waals surface area contributed by atoms with E-state index in [1.54, 1.807) is 11.3 Å². The zero-order valence-electron chi connectivity index (χ0n) is 12.3. The van der Waals surface area contributed by atoms with Gasteiger partial charge in [-0.1, -0.05) is 18.2 Å². The molecule has 0 aliphatic carbocycles. The van der Waals surface area contributed by atoms with Crippen molar-refractivity contribution in [3.05, 3.63) is 70.2 Å². The number of aryl methyl sites for hydroxylation is 1. The van der Waals surface area contributed by atoms with Gasteiger partial charge in [0.1, 0.15) is 0 Å². The summed E-state index contributed by atoms with van der Waals surface area (Å²) in [4.78, 5) is 1.40. The molecule has 3 rings (SSSR count). The van der Waals surface area contributed by atoms with Crippen molar-refractivity contribution in [2.75, 3.05) is 0 Å². The predicted octanol–water partition coefficient (Wildman–Crippen LogP) is 4.09. The van der Waals surface area contributed by atoms with Gasteiger partial charge in [0.25, 0.3) is 0 Å². The Bertz CT molecular complexity index is 700. The summed E-state index contributed by atoms with van der Waals surface area (Å²) in [6, 6.07) is 12.6. The molecule has 3 aromatic rings. The largest absolute Gasteiger partial charge is 0.305 e. The number of nitrogens with zero attached hydrogens (tertiary/aromatic N) is 2. The first kappa shape index (κ1) is 14.0. The minimum atomic E-state index is 0.281. The number of para-hydroxylation sites is 1. The van der Waals surface area contributed by atoms with Gasteiger partial charge in [0.15, 0.2) is 0 Å². The van der Waals surface area contributed by atoms with Crippen molar-refractivity contribution in [2.45, 2.75) is 26.4 Å². The molecule has 0 fully saturated rings. The fourth-order valence-corrected chi connectivity index (χ4v) is 3.09. The van der Waals surface area contributed by atoms with E-state index in [4.69, 9.17) is 0 Å². The van der Waals surface area contributed by atoms with E-state index in [2.05, 4.69) is 54.0 Å². The topological polar surface area (TPSA) is 29.9 Å². The smallest absolute Gasteiger partial charge is 0.0645 e. The standard InChI is InChI=1S/C17H19N3S/c1-13-8-9-21-17(13)11-18-14(2)15-10-19-20(12-15)16-6-4-3-5-7-16/h3-10,12,14,18H,11H2,1-2H3. The van der Waals surface area contributed by atoms with Crippen LogP contribution in [0.2, 0.25) is 0 Å². The molecule has 0 aliphatic rings. The van der Waals surface area contributed by atoms with E-state index < -0.39 is 0 Å². The Labute approximate surface area is 129 Å². The van der Waals surface area contributed by atoms with Crippen LogP contribution in [0.5, 0.6) is 0 Å². The molecule has 1 aromatic carbocycles. The minimum absolute atomic E-state index is 0.281. The molecule has 0 bridgehead atoms. The molecule has 0 saturated heterocycles. The summed E-state index contributed by atoms with van der Waals surface area (Å²) in [6.07, 6.45) is 4.03. The number of hydrogen-bond acceptors (Lipinski definition) is 3. The Morgan fingerprint density at radius 3 is 2.76 bits per heavy atom. The first-order valence-electron chi connectivity index (χ1n) is 7.10. The molecule has 1 unspecified atom stereocenters. The molecule has 0 aliphatic heterocycles. The number of thiophene rings is 1. The quantitative estimate of drug-likeness (QED) is 0.768. The molecule has 0 spiro atoms. The second kappa shape index (κ2) is 6.24. The SMILES string of the molecule is Cc1ccsc1CNC(C)c1cnn(-c2ccccc2)c1. The third-order valence-corrected chi connectivity index (χ3v) is 4.68. The molecule has 0 amide bonds. The number of rotatable bonds is 5. The van der Waals surface area contributed by atoms with Gasteiger partial charge in [-0.25, -0.2) is 4.68 Å². The number of benzene rings is 1. The van der Waals surface area contributed by atoms with Crippen LogP contribution in [0.15, 0.2) is 54.2 Å². The molecule has 2 heterocycles. The van der Waals surface area contributed by atoms with Crippen molar-refractivity contribution in [2.24, 2.45) is 0 Å². The molecular weight excluding hydrogens is 278 g/mol. The minimum Gasteiger partial charge on any atom is -0.305 e. The highest BCUT2D eigenvalue weighted by atomic mass is 32.1. The third-order valence-electron chi connectivity index (χ3n) is 3.66. The summed E-state index contributed by atoms with van der Waals surface area (Å²) in [7, 11) is 0. The van der Waals surface area contributed by atoms with Gasteiger partial charge in [-0.05, 0) is 43.0 Å². The van der Waals surface area contributed by atoms with E-state index in [1.165, 1.54) is 16.0 Å². The van der Waals surface area contributed by atoms with Crippen LogP contribution in [0, 0.1) is 6.92 Å². The molecular formula is C17H19N3S. The lowest BCUT2D eigenvalue weighted by atomic mass is 10.2. The van der Waals surface area contributed by atoms with Crippen LogP contribution in [-0.2, 0) is 6.54 Å². The van der Waals surface area contributed by atoms with Crippen molar-refractivity contribution in [1.82, 2.24) is 15.1 Å². The summed E-state index contributed by atoms with van der Waals surface area (Å²) in [5, 5.41) is 10.2. The second-order valence-electron chi connectivity index (χ2n) is 5.18. The zero-order valence-corrected chi connectivity index (χ0v) is 13.1. The monoisotopic (exact) mass is 297 g/mol. The van der Waals surface area contributed by atoms with Crippen LogP contribution in [-0.4, -0.2) is 9.78 Å². The Balaban J connectivity index is 1.67. The molecule has 21 heavy (non-hydrogen) atoms. The average Bonchev–Trinajstić information content (AvgIpc) is 3.15. The van der Waals surface area contributed by atoms with Crippen LogP contribution in [0.25, 0.3) is 5.69 Å². The van der Waals surface area contributed by atoms with Gasteiger partial charge in [-0.2, -0.15) is 5.10 Å². The van der Waals surface area contributed by atoms with E-state index in [9.17, 15) is 0 Å². The fourth-order valence-electron chi connectivity index (χ4n) is 2.23. The van der Waals surface area contributed by atoms with Gasteiger partial charge in [-0.15, -0.1) is 11.3 Å². The number of aromatic nitrogens is 2. The number of hydrogen-bond donors (Lipinski definition) is 1. The molecule has 1 N–H and O–H groups in total. The van der Waals surface area contributed by atoms with E-state index in [1.807, 2.05) is 29.1 Å². The lowest BCUT2D eigenvalue weighted by Crippen LogP contribution is -2.17. The van der Waals surface area contributed by atoms with Crippen LogP contribution >= 0.6 is 11.3 Å². The molecule has 2 aromatic heterocycles. The Kier molecular flexibility index (Phi) is 4.18. The van der Waals surface area contributed by atoms with E-state index in [0.29, 0.717) is 0 Å². The summed E-state index contributed by atoms with van der Waals surface area (Å²) >= 11 is 1.81. The van der Waals surface area contributed by atoms with Gasteiger partial charge >= 0.3 is 0 Å². The Morgan fingerprint density at radius 2 is 2.05 bits per heavy atom. The third kappa shape index (κ3) is 3.23. The Hall–Kier alpha value is -1.91. The van der Waals surface area contributed by atoms with Crippen LogP contribution in [0.1, 0.15) is 29.0 Å². The van der Waals surface area contributed by atoms with Gasteiger partial charge in [0, 0.05) is 29.2 Å². The van der Waals surface area contributed by atoms with Crippen LogP contribution in [0.4, 0.5) is 0 Å². The lowest BCUT2D eigenvalue weighted by Gasteiger charge is -2.11. The molecule has 4 heteroatoms. The molecule has 0 saturated carbocycles. The maximum Gasteiger partial charge on any atom is 0.0645 e. The summed E-state index contributed by atoms with van der Waals surface area (Å²) in [6.45, 7) is 5.24. The summed E-state index contributed by atoms with van der Waals surface area (Å²) < 4.78 is 1.92. The first-order chi connectivity index (χ1) is 10.2. The van der Waals surface area contributed by atoms with Crippen molar-refractivity contribution >= 4 is 11.3 Å². The molecule has 108 valence electrons. The van der Waals surface area contributed by atoms with Crippen molar-refractivity contribution in [3.63, 3.8) is 0 Å². The average molecular weight is 297 g/mol. The van der Waals surface area contributed by atoms with Gasteiger partial charge < -0.3 is 5.32 Å². The number of nitrogens with one attached hydrogen (secondary N) is 1. The maximum atomic E-state index is 4.45. The summed E-state index contributed by atoms with van der Waals surface area (Å²) in [5.74, 6) is 0. The lowest BCUT2D eigenvalue weighted by molar-refractivity contribution is 0.577. The highest BCUT2D eigenvalue weighted by Gasteiger charge is 2.09. The van der Waals surface area contributed by atoms with Crippen LogP contribution in [0.3, 0.4) is 0 Å². The highest BCUT2D eigenvalue weighted by Crippen LogP contribution is 2.18. The highest BCUT2D eigenvalue weighted by molar-refractivity contribution is 7.10. The first-order valence-corrected chi connectivity index (χ1v) is 7.98. The fraction of sp³-hybridized carbons (Fsp3) is 0.235. The van der Waals surface area contributed by atoms with E-state index >= 15 is 0 Å². The molecule has 1 atom stereocenters.